The summed E-state index contributed by atoms with van der Waals surface area (Å²) in [6.07, 6.45) is 9.11. The number of fused-ring (bicyclic) bond motifs is 1. The van der Waals surface area contributed by atoms with Crippen LogP contribution in [0.2, 0.25) is 0 Å². The Hall–Kier alpha value is -1.84. The van der Waals surface area contributed by atoms with Gasteiger partial charge in [-0.15, -0.1) is 0 Å². The first-order valence-electron chi connectivity index (χ1n) is 5.10. The van der Waals surface area contributed by atoms with E-state index in [4.69, 9.17) is 4.74 Å². The van der Waals surface area contributed by atoms with E-state index in [0.29, 0.717) is 5.76 Å². The van der Waals surface area contributed by atoms with E-state index in [9.17, 15) is 9.59 Å². The van der Waals surface area contributed by atoms with Crippen molar-refractivity contribution in [2.45, 2.75) is 19.4 Å². The molecule has 16 heavy (non-hydrogen) atoms. The molecule has 0 unspecified atom stereocenters. The van der Waals surface area contributed by atoms with Crippen LogP contribution in [0.5, 0.6) is 0 Å². The zero-order valence-corrected chi connectivity index (χ0v) is 9.19. The van der Waals surface area contributed by atoms with Crippen LogP contribution < -0.4 is 5.32 Å². The molecule has 1 amide bonds. The molecular formula is C12H13NO3. The van der Waals surface area contributed by atoms with E-state index in [1.54, 1.807) is 19.1 Å². The van der Waals surface area contributed by atoms with Crippen LogP contribution in [0, 0.1) is 5.92 Å². The van der Waals surface area contributed by atoms with Crippen molar-refractivity contribution in [3.05, 3.63) is 36.1 Å². The highest BCUT2D eigenvalue weighted by Gasteiger charge is 2.51. The summed E-state index contributed by atoms with van der Waals surface area (Å²) >= 11 is 0. The lowest BCUT2D eigenvalue weighted by Gasteiger charge is -2.24. The van der Waals surface area contributed by atoms with Crippen LogP contribution in [0.1, 0.15) is 13.8 Å². The molecule has 4 nitrogen and oxygen atoms in total. The number of ether oxygens (including phenoxy) is 1. The zero-order valence-electron chi connectivity index (χ0n) is 9.19. The van der Waals surface area contributed by atoms with Crippen LogP contribution in [0.4, 0.5) is 0 Å². The van der Waals surface area contributed by atoms with E-state index in [0.717, 1.165) is 0 Å². The predicted molar refractivity (Wildman–Crippen MR) is 58.2 cm³/mol. The Morgan fingerprint density at radius 2 is 2.19 bits per heavy atom. The first-order valence-corrected chi connectivity index (χ1v) is 5.10. The molecule has 1 fully saturated rings. The Labute approximate surface area is 93.7 Å². The molecule has 4 heteroatoms. The fourth-order valence-corrected chi connectivity index (χ4v) is 2.00. The molecule has 1 heterocycles. The van der Waals surface area contributed by atoms with Crippen molar-refractivity contribution in [3.8, 4) is 0 Å². The van der Waals surface area contributed by atoms with E-state index in [1.807, 2.05) is 18.2 Å². The third kappa shape index (κ3) is 1.56. The third-order valence-corrected chi connectivity index (χ3v) is 2.79. The number of allylic oxidation sites excluding steroid dienone is 4. The fourth-order valence-electron chi connectivity index (χ4n) is 2.00. The monoisotopic (exact) mass is 219 g/mol. The van der Waals surface area contributed by atoms with Crippen LogP contribution in [0.15, 0.2) is 36.1 Å². The van der Waals surface area contributed by atoms with E-state index in [-0.39, 0.29) is 11.8 Å². The van der Waals surface area contributed by atoms with Gasteiger partial charge < -0.3 is 10.1 Å². The molecule has 0 aromatic heterocycles. The van der Waals surface area contributed by atoms with Gasteiger partial charge in [-0.2, -0.15) is 0 Å². The lowest BCUT2D eigenvalue weighted by atomic mass is 9.86. The Morgan fingerprint density at radius 3 is 2.88 bits per heavy atom. The first-order chi connectivity index (χ1) is 7.54. The number of hydrogen-bond acceptors (Lipinski definition) is 3. The number of hydrogen-bond donors (Lipinski definition) is 1. The van der Waals surface area contributed by atoms with E-state index in [2.05, 4.69) is 5.32 Å². The van der Waals surface area contributed by atoms with Gasteiger partial charge >= 0.3 is 5.97 Å². The van der Waals surface area contributed by atoms with Gasteiger partial charge in [-0.3, -0.25) is 4.79 Å². The highest BCUT2D eigenvalue weighted by Crippen LogP contribution is 2.36. The van der Waals surface area contributed by atoms with Gasteiger partial charge in [-0.25, -0.2) is 4.79 Å². The van der Waals surface area contributed by atoms with Crippen LogP contribution in [0.3, 0.4) is 0 Å². The normalized spacial score (nSPS) is 31.5. The van der Waals surface area contributed by atoms with E-state index >= 15 is 0 Å². The molecule has 2 aliphatic rings. The van der Waals surface area contributed by atoms with Gasteiger partial charge in [0.2, 0.25) is 5.91 Å². The van der Waals surface area contributed by atoms with Crippen molar-refractivity contribution in [2.24, 2.45) is 5.92 Å². The quantitative estimate of drug-likeness (QED) is 0.671. The van der Waals surface area contributed by atoms with Crippen molar-refractivity contribution < 1.29 is 14.3 Å². The second-order valence-electron chi connectivity index (χ2n) is 4.09. The second kappa shape index (κ2) is 3.63. The molecule has 1 aliphatic carbocycles. The summed E-state index contributed by atoms with van der Waals surface area (Å²) in [5.41, 5.74) is -1.000. The maximum absolute atomic E-state index is 11.8. The summed E-state index contributed by atoms with van der Waals surface area (Å²) in [6, 6.07) is 0. The van der Waals surface area contributed by atoms with Crippen molar-refractivity contribution in [3.63, 3.8) is 0 Å². The highest BCUT2D eigenvalue weighted by atomic mass is 16.5. The molecule has 84 valence electrons. The standard InChI is InChI=1S/C12H13NO3/c1-8(14)13-12(2)9-6-4-3-5-7-10(9)16-11(12)15/h3-7,9H,1-2H3,(H,13,14)/t9-,12+/m1/s1. The molecule has 2 rings (SSSR count). The van der Waals surface area contributed by atoms with Crippen LogP contribution in [0.25, 0.3) is 0 Å². The number of nitrogens with one attached hydrogen (secondary N) is 1. The number of amides is 1. The van der Waals surface area contributed by atoms with Crippen molar-refractivity contribution in [1.29, 1.82) is 0 Å². The van der Waals surface area contributed by atoms with Gasteiger partial charge in [-0.1, -0.05) is 24.3 Å². The Bertz CT molecular complexity index is 434. The summed E-state index contributed by atoms with van der Waals surface area (Å²) in [4.78, 5) is 22.9. The van der Waals surface area contributed by atoms with E-state index < -0.39 is 11.5 Å². The lowest BCUT2D eigenvalue weighted by molar-refractivity contribution is -0.143. The maximum atomic E-state index is 11.8. The summed E-state index contributed by atoms with van der Waals surface area (Å²) < 4.78 is 5.17. The van der Waals surface area contributed by atoms with Gasteiger partial charge in [0, 0.05) is 6.92 Å². The lowest BCUT2D eigenvalue weighted by Crippen LogP contribution is -2.52. The number of rotatable bonds is 1. The second-order valence-corrected chi connectivity index (χ2v) is 4.09. The largest absolute Gasteiger partial charge is 0.429 e. The summed E-state index contributed by atoms with van der Waals surface area (Å²) in [5.74, 6) is -0.324. The first kappa shape index (κ1) is 10.7. The predicted octanol–water partition coefficient (Wildman–Crippen LogP) is 1.06. The van der Waals surface area contributed by atoms with Gasteiger partial charge in [0.25, 0.3) is 0 Å². The summed E-state index contributed by atoms with van der Waals surface area (Å²) in [5, 5.41) is 2.66. The average Bonchev–Trinajstić information content (AvgIpc) is 2.41. The zero-order chi connectivity index (χ0) is 11.8. The van der Waals surface area contributed by atoms with Gasteiger partial charge in [0.05, 0.1) is 5.92 Å². The molecule has 0 saturated carbocycles. The minimum absolute atomic E-state index is 0.237. The van der Waals surface area contributed by atoms with Crippen molar-refractivity contribution in [1.82, 2.24) is 5.32 Å². The van der Waals surface area contributed by atoms with Crippen molar-refractivity contribution >= 4 is 11.9 Å². The highest BCUT2D eigenvalue weighted by molar-refractivity contribution is 5.90. The molecule has 0 aromatic rings. The number of esters is 1. The average molecular weight is 219 g/mol. The molecule has 0 spiro atoms. The molecular weight excluding hydrogens is 206 g/mol. The van der Waals surface area contributed by atoms with Crippen LogP contribution >= 0.6 is 0 Å². The molecule has 1 aliphatic heterocycles. The van der Waals surface area contributed by atoms with Crippen LogP contribution in [-0.4, -0.2) is 17.4 Å². The SMILES string of the molecule is CC(=O)N[C@]1(C)C(=O)OC2=CC=CC=C[C@H]21. The Balaban J connectivity index is 2.39. The number of carbonyl (C=O) groups excluding carboxylic acids is 2. The Morgan fingerprint density at radius 1 is 1.44 bits per heavy atom. The third-order valence-electron chi connectivity index (χ3n) is 2.79. The molecule has 0 aromatic carbocycles. The van der Waals surface area contributed by atoms with Crippen LogP contribution in [-0.2, 0) is 14.3 Å². The van der Waals surface area contributed by atoms with Crippen molar-refractivity contribution in [2.75, 3.05) is 0 Å². The Kier molecular flexibility index (Phi) is 2.42. The summed E-state index contributed by atoms with van der Waals surface area (Å²) in [6.45, 7) is 3.07. The van der Waals surface area contributed by atoms with Gasteiger partial charge in [0.15, 0.2) is 0 Å². The fraction of sp³-hybridized carbons (Fsp3) is 0.333. The smallest absolute Gasteiger partial charge is 0.337 e. The molecule has 1 saturated heterocycles. The van der Waals surface area contributed by atoms with Gasteiger partial charge in [-0.05, 0) is 13.0 Å². The maximum Gasteiger partial charge on any atom is 0.337 e. The molecule has 1 N–H and O–H groups in total. The topological polar surface area (TPSA) is 55.4 Å². The molecule has 2 atom stereocenters. The summed E-state index contributed by atoms with van der Waals surface area (Å²) in [7, 11) is 0. The molecule has 0 radical (unpaired) electrons. The minimum atomic E-state index is -1.000. The number of carbonyl (C=O) groups is 2. The molecule has 0 bridgehead atoms. The van der Waals surface area contributed by atoms with E-state index in [1.165, 1.54) is 6.92 Å². The minimum Gasteiger partial charge on any atom is -0.429 e. The van der Waals surface area contributed by atoms with Gasteiger partial charge in [0.1, 0.15) is 11.3 Å².